The lowest BCUT2D eigenvalue weighted by atomic mass is 9.99. The Morgan fingerprint density at radius 2 is 0.927 bits per heavy atom. The molecule has 498 valence electrons. The van der Waals surface area contributed by atoms with Crippen LogP contribution in [0.15, 0.2) is 164 Å². The maximum atomic E-state index is 14.4. The van der Waals surface area contributed by atoms with Gasteiger partial charge in [0, 0.05) is 97.0 Å². The molecule has 4 atom stereocenters. The first kappa shape index (κ1) is 67.0. The molecule has 22 heteroatoms. The average Bonchev–Trinajstić information content (AvgIpc) is 1.60. The topological polar surface area (TPSA) is 226 Å². The van der Waals surface area contributed by atoms with E-state index in [1.165, 1.54) is 33.3 Å². The maximum Gasteiger partial charge on any atom is 0.287 e. The summed E-state index contributed by atoms with van der Waals surface area (Å²) in [5.74, 6) is 0.558. The fourth-order valence-corrected chi connectivity index (χ4v) is 13.4. The summed E-state index contributed by atoms with van der Waals surface area (Å²) in [6.45, 7) is 11.4. The Morgan fingerprint density at radius 1 is 0.479 bits per heavy atom. The summed E-state index contributed by atoms with van der Waals surface area (Å²) in [5, 5.41) is 13.3. The van der Waals surface area contributed by atoms with Gasteiger partial charge in [0.1, 0.15) is 0 Å². The number of methoxy groups -OCH3 is 4. The minimum absolute atomic E-state index is 0.267. The average molecular weight is 1300 g/mol. The zero-order valence-corrected chi connectivity index (χ0v) is 55.4. The van der Waals surface area contributed by atoms with Gasteiger partial charge in [-0.1, -0.05) is 84.9 Å². The summed E-state index contributed by atoms with van der Waals surface area (Å²) in [6, 6.07) is 43.9. The number of rotatable bonds is 24. The van der Waals surface area contributed by atoms with Crippen molar-refractivity contribution in [2.75, 3.05) is 104 Å². The van der Waals surface area contributed by atoms with Gasteiger partial charge in [-0.25, -0.2) is 4.98 Å². The fourth-order valence-electron chi connectivity index (χ4n) is 13.4. The van der Waals surface area contributed by atoms with E-state index in [4.69, 9.17) is 18.9 Å². The van der Waals surface area contributed by atoms with Gasteiger partial charge in [0.25, 0.3) is 35.4 Å². The molecule has 2 saturated heterocycles. The molecule has 0 unspecified atom stereocenters. The van der Waals surface area contributed by atoms with Crippen molar-refractivity contribution in [3.05, 3.63) is 220 Å². The molecule has 6 amide bonds. The van der Waals surface area contributed by atoms with Crippen molar-refractivity contribution >= 4 is 46.8 Å². The normalized spacial score (nSPS) is 16.0. The lowest BCUT2D eigenvalue weighted by molar-refractivity contribution is 0.0556. The number of imide groups is 2. The molecule has 0 radical (unpaired) electrons. The van der Waals surface area contributed by atoms with Gasteiger partial charge in [-0.3, -0.25) is 48.4 Å². The van der Waals surface area contributed by atoms with Crippen molar-refractivity contribution in [3.8, 4) is 23.0 Å². The van der Waals surface area contributed by atoms with Crippen molar-refractivity contribution in [2.45, 2.75) is 63.7 Å². The standard InChI is InChI=1S/C37H42N6O5.C37H40N6O5/c1-25(26-10-6-5-7-11-26)41-20-22-42(23-21-41)30-13-8-12-28-33(30)37(46)43(36(28)45)29(27-15-16-31(47-3)32(24-27)48-4)14-9-17-39-35(44)34-38-18-19-40(34)2;1-25(26-9-5-4-6-10-26)41-19-21-42(22-20-41)31-12-7-11-29-34(31)37(46)43(36(29)45)30(27-14-15-32(47-2)33(23-27)48-3)13-8-17-38-35(44)28-16-18-39-40-24-28/h5-8,10-13,15-16,18-19,24-25,29H,9,14,17,20-23H2,1-4H3,(H,39,44);4-7,9-12,14-16,18,23-25,30H,8,13,17,19-22H2,1-3H3,(H,38,44)/t25-,29-;25-,30-/m11/s1. The summed E-state index contributed by atoms with van der Waals surface area (Å²) in [7, 11) is 7.99. The molecule has 22 nitrogen and oxygen atoms in total. The molecule has 2 N–H and O–H groups in total. The highest BCUT2D eigenvalue weighted by Gasteiger charge is 2.45. The van der Waals surface area contributed by atoms with E-state index in [0.29, 0.717) is 95.4 Å². The van der Waals surface area contributed by atoms with Gasteiger partial charge >= 0.3 is 0 Å². The van der Waals surface area contributed by atoms with E-state index in [2.05, 4.69) is 108 Å². The van der Waals surface area contributed by atoms with Crippen molar-refractivity contribution in [3.63, 3.8) is 0 Å². The van der Waals surface area contributed by atoms with Crippen LogP contribution in [-0.4, -0.2) is 169 Å². The molecular formula is C74H82N12O10. The Kier molecular flexibility index (Phi) is 21.5. The molecule has 12 rings (SSSR count). The predicted molar refractivity (Wildman–Crippen MR) is 364 cm³/mol. The minimum Gasteiger partial charge on any atom is -0.493 e. The first-order valence-electron chi connectivity index (χ1n) is 32.6. The van der Waals surface area contributed by atoms with E-state index in [-0.39, 0.29) is 47.5 Å². The van der Waals surface area contributed by atoms with E-state index in [0.717, 1.165) is 74.9 Å². The number of aromatic nitrogens is 4. The van der Waals surface area contributed by atoms with Gasteiger partial charge in [-0.05, 0) is 116 Å². The van der Waals surface area contributed by atoms with Crippen LogP contribution < -0.4 is 39.4 Å². The van der Waals surface area contributed by atoms with Crippen LogP contribution in [0.1, 0.15) is 148 Å². The van der Waals surface area contributed by atoms with Crippen LogP contribution in [0.25, 0.3) is 0 Å². The first-order valence-corrected chi connectivity index (χ1v) is 32.6. The van der Waals surface area contributed by atoms with Crippen molar-refractivity contribution in [1.29, 1.82) is 0 Å². The molecule has 0 spiro atoms. The number of nitrogens with one attached hydrogen (secondary N) is 2. The fraction of sp³-hybridized carbons (Fsp3) is 0.338. The number of piperazine rings is 2. The van der Waals surface area contributed by atoms with Gasteiger partial charge in [0.15, 0.2) is 28.8 Å². The van der Waals surface area contributed by atoms with E-state index in [9.17, 15) is 28.8 Å². The van der Waals surface area contributed by atoms with Crippen molar-refractivity contribution in [1.82, 2.24) is 50.0 Å². The number of anilines is 2. The van der Waals surface area contributed by atoms with Crippen molar-refractivity contribution < 1.29 is 47.7 Å². The quantitative estimate of drug-likeness (QED) is 0.0424. The van der Waals surface area contributed by atoms with Crippen LogP contribution in [-0.2, 0) is 7.05 Å². The molecule has 0 aliphatic carbocycles. The summed E-state index contributed by atoms with van der Waals surface area (Å²) in [6.07, 6.45) is 8.01. The lowest BCUT2D eigenvalue weighted by Gasteiger charge is -2.39. The Labute approximate surface area is 559 Å². The summed E-state index contributed by atoms with van der Waals surface area (Å²) < 4.78 is 23.7. The number of aryl methyl sites for hydroxylation is 1. The number of nitrogens with zero attached hydrogens (tertiary/aromatic N) is 10. The molecule has 6 heterocycles. The number of amides is 6. The zero-order valence-electron chi connectivity index (χ0n) is 55.4. The molecule has 2 fully saturated rings. The SMILES string of the molecule is COc1ccc([C@@H](CCCNC(=O)c2ccnnc2)N2C(=O)c3cccc(N4CCN([C@H](C)c5ccccc5)CC4)c3C2=O)cc1OC.COc1ccc([C@@H](CCCNC(=O)c2nccn2C)N2C(=O)c3cccc(N4CCN([C@H](C)c5ccccc5)CC4)c3C2=O)cc1OC. The largest absolute Gasteiger partial charge is 0.493 e. The smallest absolute Gasteiger partial charge is 0.287 e. The number of ether oxygens (including phenoxy) is 4. The van der Waals surface area contributed by atoms with E-state index >= 15 is 0 Å². The zero-order chi connectivity index (χ0) is 67.4. The molecule has 4 aliphatic rings. The van der Waals surface area contributed by atoms with E-state index in [1.807, 2.05) is 60.7 Å². The second kappa shape index (κ2) is 30.7. The second-order valence-corrected chi connectivity index (χ2v) is 24.1. The van der Waals surface area contributed by atoms with Crippen LogP contribution in [0.2, 0.25) is 0 Å². The number of hydrogen-bond acceptors (Lipinski definition) is 17. The highest BCUT2D eigenvalue weighted by atomic mass is 16.5. The van der Waals surface area contributed by atoms with Gasteiger partial charge in [-0.15, -0.1) is 0 Å². The van der Waals surface area contributed by atoms with Crippen LogP contribution in [0.3, 0.4) is 0 Å². The Bertz CT molecular complexity index is 4060. The number of fused-ring (bicyclic) bond motifs is 2. The summed E-state index contributed by atoms with van der Waals surface area (Å²) in [5.41, 5.74) is 7.70. The van der Waals surface area contributed by atoms with Gasteiger partial charge in [0.05, 0.1) is 92.1 Å². The van der Waals surface area contributed by atoms with E-state index < -0.39 is 12.1 Å². The maximum absolute atomic E-state index is 14.4. The Morgan fingerprint density at radius 3 is 1.33 bits per heavy atom. The Hall–Kier alpha value is -10.5. The number of carbonyl (C=O) groups is 6. The second-order valence-electron chi connectivity index (χ2n) is 24.1. The monoisotopic (exact) mass is 1300 g/mol. The summed E-state index contributed by atoms with van der Waals surface area (Å²) >= 11 is 0. The molecule has 0 bridgehead atoms. The Balaban J connectivity index is 0.000000195. The molecule has 2 aromatic heterocycles. The minimum atomic E-state index is -0.604. The van der Waals surface area contributed by atoms with Crippen LogP contribution in [0, 0.1) is 0 Å². The number of carbonyl (C=O) groups excluding carboxylic acids is 6. The van der Waals surface area contributed by atoms with Gasteiger partial charge < -0.3 is 43.9 Å². The van der Waals surface area contributed by atoms with Gasteiger partial charge in [0.2, 0.25) is 0 Å². The number of imidazole rings is 1. The van der Waals surface area contributed by atoms with Crippen LogP contribution in [0.5, 0.6) is 23.0 Å². The van der Waals surface area contributed by atoms with Gasteiger partial charge in [-0.2, -0.15) is 10.2 Å². The molecule has 4 aliphatic heterocycles. The third-order valence-corrected chi connectivity index (χ3v) is 18.8. The number of benzene rings is 6. The predicted octanol–water partition coefficient (Wildman–Crippen LogP) is 9.79. The summed E-state index contributed by atoms with van der Waals surface area (Å²) in [4.78, 5) is 98.5. The third-order valence-electron chi connectivity index (χ3n) is 18.8. The van der Waals surface area contributed by atoms with Crippen LogP contribution >= 0.6 is 0 Å². The number of hydrogen-bond donors (Lipinski definition) is 2. The molecule has 6 aromatic carbocycles. The highest BCUT2D eigenvalue weighted by Crippen LogP contribution is 2.43. The third kappa shape index (κ3) is 14.3. The first-order chi connectivity index (χ1) is 46.7. The molecular weight excluding hydrogens is 1220 g/mol. The van der Waals surface area contributed by atoms with Crippen molar-refractivity contribution in [2.24, 2.45) is 7.05 Å². The highest BCUT2D eigenvalue weighted by molar-refractivity contribution is 6.25. The van der Waals surface area contributed by atoms with E-state index in [1.54, 1.807) is 82.8 Å². The lowest BCUT2D eigenvalue weighted by Crippen LogP contribution is -2.47. The van der Waals surface area contributed by atoms with Crippen LogP contribution in [0.4, 0.5) is 11.4 Å². The molecule has 8 aromatic rings. The molecule has 96 heavy (non-hydrogen) atoms. The molecule has 0 saturated carbocycles.